The number of pyridine rings is 1. The summed E-state index contributed by atoms with van der Waals surface area (Å²) in [4.78, 5) is 28.7. The maximum absolute atomic E-state index is 12.2. The Kier molecular flexibility index (Phi) is 4.78. The summed E-state index contributed by atoms with van der Waals surface area (Å²) in [6.07, 6.45) is 1.50. The molecule has 1 N–H and O–H groups in total. The van der Waals surface area contributed by atoms with E-state index in [9.17, 15) is 9.59 Å². The molecule has 0 fully saturated rings. The van der Waals surface area contributed by atoms with E-state index in [-0.39, 0.29) is 23.8 Å². The van der Waals surface area contributed by atoms with Crippen molar-refractivity contribution in [3.05, 3.63) is 70.3 Å². The van der Waals surface area contributed by atoms with Crippen molar-refractivity contribution in [1.29, 1.82) is 0 Å². The third-order valence-electron chi connectivity index (χ3n) is 4.14. The molecule has 4 aromatic rings. The van der Waals surface area contributed by atoms with Crippen LogP contribution < -0.4 is 10.9 Å². The highest BCUT2D eigenvalue weighted by atomic mass is 16.5. The minimum Gasteiger partial charge on any atom is -0.360 e. The van der Waals surface area contributed by atoms with Crippen molar-refractivity contribution in [3.8, 4) is 22.8 Å². The van der Waals surface area contributed by atoms with Crippen LogP contribution in [-0.2, 0) is 11.3 Å². The lowest BCUT2D eigenvalue weighted by Crippen LogP contribution is -2.26. The highest BCUT2D eigenvalue weighted by Gasteiger charge is 2.14. The number of nitrogens with zero attached hydrogens (tertiary/aromatic N) is 4. The van der Waals surface area contributed by atoms with Gasteiger partial charge in [0.05, 0.1) is 5.56 Å². The normalized spacial score (nSPS) is 10.8. The van der Waals surface area contributed by atoms with Crippen LogP contribution in [0.4, 0.5) is 5.82 Å². The van der Waals surface area contributed by atoms with Crippen LogP contribution in [0.3, 0.4) is 0 Å². The summed E-state index contributed by atoms with van der Waals surface area (Å²) < 4.78 is 11.5. The van der Waals surface area contributed by atoms with Crippen LogP contribution in [0.25, 0.3) is 22.8 Å². The van der Waals surface area contributed by atoms with Gasteiger partial charge in [-0.25, -0.2) is 0 Å². The fourth-order valence-electron chi connectivity index (χ4n) is 2.79. The summed E-state index contributed by atoms with van der Waals surface area (Å²) in [7, 11) is 0. The van der Waals surface area contributed by atoms with E-state index in [1.807, 2.05) is 31.2 Å². The second kappa shape index (κ2) is 7.55. The van der Waals surface area contributed by atoms with Gasteiger partial charge in [0, 0.05) is 23.9 Å². The molecule has 29 heavy (non-hydrogen) atoms. The molecule has 1 amide bonds. The summed E-state index contributed by atoms with van der Waals surface area (Å²) in [5.41, 5.74) is 2.10. The largest absolute Gasteiger partial charge is 0.360 e. The SMILES string of the molecule is Cc1cccc(-c2noc(-c3ccc(=O)n(CC(=O)Nc4cc(C)on4)c3)n2)c1. The predicted octanol–water partition coefficient (Wildman–Crippen LogP) is 2.81. The van der Waals surface area contributed by atoms with Crippen LogP contribution in [0.1, 0.15) is 11.3 Å². The lowest BCUT2D eigenvalue weighted by molar-refractivity contribution is -0.116. The molecular formula is C20H17N5O4. The average molecular weight is 391 g/mol. The van der Waals surface area contributed by atoms with Crippen LogP contribution >= 0.6 is 0 Å². The molecule has 1 aromatic carbocycles. The maximum Gasteiger partial charge on any atom is 0.259 e. The number of rotatable bonds is 5. The number of carbonyl (C=O) groups is 1. The highest BCUT2D eigenvalue weighted by Crippen LogP contribution is 2.22. The van der Waals surface area contributed by atoms with E-state index in [0.717, 1.165) is 11.1 Å². The average Bonchev–Trinajstić information content (AvgIpc) is 3.33. The zero-order valence-electron chi connectivity index (χ0n) is 15.7. The molecular weight excluding hydrogens is 374 g/mol. The second-order valence-electron chi connectivity index (χ2n) is 6.55. The van der Waals surface area contributed by atoms with Crippen LogP contribution in [0.2, 0.25) is 0 Å². The minimum absolute atomic E-state index is 0.197. The van der Waals surface area contributed by atoms with Gasteiger partial charge in [-0.1, -0.05) is 34.1 Å². The minimum atomic E-state index is -0.413. The Hall–Kier alpha value is -4.01. The Morgan fingerprint density at radius 1 is 1.07 bits per heavy atom. The van der Waals surface area contributed by atoms with E-state index in [0.29, 0.717) is 17.1 Å². The number of amides is 1. The van der Waals surface area contributed by atoms with Crippen LogP contribution in [-0.4, -0.2) is 25.8 Å². The summed E-state index contributed by atoms with van der Waals surface area (Å²) >= 11 is 0. The number of aromatic nitrogens is 4. The molecule has 9 nitrogen and oxygen atoms in total. The van der Waals surface area contributed by atoms with E-state index in [4.69, 9.17) is 9.05 Å². The summed E-state index contributed by atoms with van der Waals surface area (Å²) in [6, 6.07) is 12.2. The number of carbonyl (C=O) groups excluding carboxylic acids is 1. The van der Waals surface area contributed by atoms with Gasteiger partial charge < -0.3 is 18.9 Å². The molecule has 0 spiro atoms. The number of hydrogen-bond donors (Lipinski definition) is 1. The molecule has 0 unspecified atom stereocenters. The molecule has 0 aliphatic rings. The van der Waals surface area contributed by atoms with Crippen molar-refractivity contribution in [2.45, 2.75) is 20.4 Å². The van der Waals surface area contributed by atoms with Crippen molar-refractivity contribution in [3.63, 3.8) is 0 Å². The van der Waals surface area contributed by atoms with Gasteiger partial charge in [0.25, 0.3) is 11.4 Å². The van der Waals surface area contributed by atoms with Crippen molar-refractivity contribution in [2.24, 2.45) is 0 Å². The molecule has 0 saturated heterocycles. The molecule has 0 aliphatic carbocycles. The standard InChI is InChI=1S/C20H17N5O4/c1-12-4-3-5-14(8-12)19-22-20(29-24-19)15-6-7-18(27)25(10-15)11-17(26)21-16-9-13(2)28-23-16/h3-10H,11H2,1-2H3,(H,21,23,26). The Morgan fingerprint density at radius 3 is 2.69 bits per heavy atom. The zero-order chi connectivity index (χ0) is 20.4. The molecule has 0 aliphatic heterocycles. The predicted molar refractivity (Wildman–Crippen MR) is 104 cm³/mol. The van der Waals surface area contributed by atoms with Crippen molar-refractivity contribution in [1.82, 2.24) is 19.9 Å². The lowest BCUT2D eigenvalue weighted by Gasteiger charge is -2.06. The van der Waals surface area contributed by atoms with Crippen molar-refractivity contribution >= 4 is 11.7 Å². The van der Waals surface area contributed by atoms with Crippen molar-refractivity contribution < 1.29 is 13.8 Å². The Balaban J connectivity index is 1.55. The molecule has 4 rings (SSSR count). The van der Waals surface area contributed by atoms with E-state index >= 15 is 0 Å². The van der Waals surface area contributed by atoms with E-state index in [2.05, 4.69) is 20.6 Å². The Labute approximate surface area is 165 Å². The van der Waals surface area contributed by atoms with E-state index < -0.39 is 5.91 Å². The Bertz CT molecular complexity index is 1240. The first-order valence-electron chi connectivity index (χ1n) is 8.83. The summed E-state index contributed by atoms with van der Waals surface area (Å²) in [5.74, 6) is 1.14. The first-order valence-corrected chi connectivity index (χ1v) is 8.83. The second-order valence-corrected chi connectivity index (χ2v) is 6.55. The lowest BCUT2D eigenvalue weighted by atomic mass is 10.1. The van der Waals surface area contributed by atoms with E-state index in [1.54, 1.807) is 19.1 Å². The van der Waals surface area contributed by atoms with Crippen LogP contribution in [0.15, 0.2) is 62.5 Å². The molecule has 146 valence electrons. The molecule has 3 aromatic heterocycles. The smallest absolute Gasteiger partial charge is 0.259 e. The van der Waals surface area contributed by atoms with Gasteiger partial charge >= 0.3 is 0 Å². The zero-order valence-corrected chi connectivity index (χ0v) is 15.7. The Morgan fingerprint density at radius 2 is 1.93 bits per heavy atom. The maximum atomic E-state index is 12.2. The van der Waals surface area contributed by atoms with Gasteiger partial charge in [0.1, 0.15) is 12.3 Å². The summed E-state index contributed by atoms with van der Waals surface area (Å²) in [6.45, 7) is 3.50. The van der Waals surface area contributed by atoms with Gasteiger partial charge in [-0.15, -0.1) is 0 Å². The number of nitrogens with one attached hydrogen (secondary N) is 1. The van der Waals surface area contributed by atoms with Crippen LogP contribution in [0, 0.1) is 13.8 Å². The fraction of sp³-hybridized carbons (Fsp3) is 0.150. The number of anilines is 1. The molecule has 3 heterocycles. The fourth-order valence-corrected chi connectivity index (χ4v) is 2.79. The molecule has 0 radical (unpaired) electrons. The van der Waals surface area contributed by atoms with Crippen LogP contribution in [0.5, 0.6) is 0 Å². The van der Waals surface area contributed by atoms with Gasteiger partial charge in [-0.3, -0.25) is 9.59 Å². The quantitative estimate of drug-likeness (QED) is 0.556. The third-order valence-corrected chi connectivity index (χ3v) is 4.14. The molecule has 9 heteroatoms. The van der Waals surface area contributed by atoms with Gasteiger partial charge in [-0.05, 0) is 26.0 Å². The highest BCUT2D eigenvalue weighted by molar-refractivity contribution is 5.89. The molecule has 0 atom stereocenters. The molecule has 0 bridgehead atoms. The summed E-state index contributed by atoms with van der Waals surface area (Å²) in [5, 5.41) is 10.3. The van der Waals surface area contributed by atoms with Gasteiger partial charge in [0.15, 0.2) is 5.82 Å². The monoisotopic (exact) mass is 391 g/mol. The van der Waals surface area contributed by atoms with Gasteiger partial charge in [-0.2, -0.15) is 4.98 Å². The number of hydrogen-bond acceptors (Lipinski definition) is 7. The van der Waals surface area contributed by atoms with E-state index in [1.165, 1.54) is 16.8 Å². The first kappa shape index (κ1) is 18.4. The topological polar surface area (TPSA) is 116 Å². The molecule has 0 saturated carbocycles. The number of aryl methyl sites for hydroxylation is 2. The van der Waals surface area contributed by atoms with Crippen molar-refractivity contribution in [2.75, 3.05) is 5.32 Å². The number of benzene rings is 1. The third kappa shape index (κ3) is 4.13. The van der Waals surface area contributed by atoms with Gasteiger partial charge in [0.2, 0.25) is 11.7 Å². The first-order chi connectivity index (χ1) is 14.0.